The molecule has 0 bridgehead atoms. The van der Waals surface area contributed by atoms with Gasteiger partial charge in [-0.15, -0.1) is 0 Å². The van der Waals surface area contributed by atoms with Gasteiger partial charge in [-0.1, -0.05) is 48.5 Å². The largest absolute Gasteiger partial charge is 0.466 e. The second-order valence-electron chi connectivity index (χ2n) is 4.91. The summed E-state index contributed by atoms with van der Waals surface area (Å²) < 4.78 is 4.84. The second-order valence-corrected chi connectivity index (χ2v) is 4.91. The monoisotopic (exact) mass is 278 g/mol. The Hall–Kier alpha value is -2.68. The van der Waals surface area contributed by atoms with Crippen LogP contribution in [0.15, 0.2) is 54.1 Å². The van der Waals surface area contributed by atoms with Crippen LogP contribution in [0, 0.1) is 0 Å². The van der Waals surface area contributed by atoms with Gasteiger partial charge >= 0.3 is 5.97 Å². The molecule has 0 amide bonds. The van der Waals surface area contributed by atoms with E-state index >= 15 is 0 Å². The standard InChI is InChI=1S/C18H14O3/c1-11(18(20)21-2)16-12-7-3-5-9-14(12)17(19)15-10-6-4-8-13(15)16/h3-10H,1-2H3. The van der Waals surface area contributed by atoms with E-state index in [4.69, 9.17) is 4.74 Å². The van der Waals surface area contributed by atoms with E-state index in [9.17, 15) is 9.59 Å². The minimum Gasteiger partial charge on any atom is -0.466 e. The Morgan fingerprint density at radius 1 is 0.857 bits per heavy atom. The molecule has 0 saturated heterocycles. The van der Waals surface area contributed by atoms with Gasteiger partial charge in [0.1, 0.15) is 0 Å². The molecule has 0 unspecified atom stereocenters. The molecule has 0 aliphatic heterocycles. The molecule has 3 rings (SSSR count). The summed E-state index contributed by atoms with van der Waals surface area (Å²) in [6.45, 7) is 1.73. The van der Waals surface area contributed by atoms with E-state index in [-0.39, 0.29) is 11.8 Å². The molecule has 104 valence electrons. The van der Waals surface area contributed by atoms with Crippen LogP contribution in [0.2, 0.25) is 0 Å². The number of hydrogen-bond acceptors (Lipinski definition) is 3. The van der Waals surface area contributed by atoms with Crippen molar-refractivity contribution in [3.05, 3.63) is 76.4 Å². The van der Waals surface area contributed by atoms with Gasteiger partial charge < -0.3 is 4.74 Å². The Kier molecular flexibility index (Phi) is 3.18. The molecule has 0 heterocycles. The lowest BCUT2D eigenvalue weighted by Gasteiger charge is -2.23. The Bertz CT molecular complexity index is 733. The molecular weight excluding hydrogens is 264 g/mol. The number of carbonyl (C=O) groups is 2. The van der Waals surface area contributed by atoms with E-state index in [1.165, 1.54) is 7.11 Å². The molecule has 0 saturated carbocycles. The van der Waals surface area contributed by atoms with Crippen LogP contribution in [0.1, 0.15) is 34.0 Å². The van der Waals surface area contributed by atoms with Gasteiger partial charge in [-0.3, -0.25) is 4.79 Å². The van der Waals surface area contributed by atoms with E-state index in [0.29, 0.717) is 16.7 Å². The van der Waals surface area contributed by atoms with Gasteiger partial charge in [0.15, 0.2) is 5.78 Å². The minimum atomic E-state index is -0.385. The average Bonchev–Trinajstić information content (AvgIpc) is 2.54. The Labute approximate surface area is 122 Å². The number of ether oxygens (including phenoxy) is 1. The molecule has 2 aromatic rings. The molecule has 3 nitrogen and oxygen atoms in total. The van der Waals surface area contributed by atoms with Gasteiger partial charge in [-0.2, -0.15) is 0 Å². The van der Waals surface area contributed by atoms with Crippen LogP contribution in [0.4, 0.5) is 0 Å². The maximum absolute atomic E-state index is 12.6. The van der Waals surface area contributed by atoms with Crippen molar-refractivity contribution >= 4 is 17.3 Å². The van der Waals surface area contributed by atoms with Crippen molar-refractivity contribution < 1.29 is 14.3 Å². The maximum Gasteiger partial charge on any atom is 0.334 e. The molecule has 0 atom stereocenters. The zero-order valence-corrected chi connectivity index (χ0v) is 11.8. The SMILES string of the molecule is COC(=O)C(C)=C1c2ccccc2C(=O)c2ccccc21. The summed E-state index contributed by atoms with van der Waals surface area (Å²) in [7, 11) is 1.36. The van der Waals surface area contributed by atoms with Gasteiger partial charge in [0.05, 0.1) is 7.11 Å². The van der Waals surface area contributed by atoms with Crippen LogP contribution in [-0.2, 0) is 9.53 Å². The fourth-order valence-corrected chi connectivity index (χ4v) is 2.75. The van der Waals surface area contributed by atoms with E-state index in [0.717, 1.165) is 16.7 Å². The van der Waals surface area contributed by atoms with Gasteiger partial charge in [0.2, 0.25) is 0 Å². The zero-order valence-electron chi connectivity index (χ0n) is 11.8. The van der Waals surface area contributed by atoms with Crippen LogP contribution >= 0.6 is 0 Å². The average molecular weight is 278 g/mol. The number of carbonyl (C=O) groups excluding carboxylic acids is 2. The zero-order chi connectivity index (χ0) is 15.0. The van der Waals surface area contributed by atoms with Crippen molar-refractivity contribution in [1.29, 1.82) is 0 Å². The molecule has 0 radical (unpaired) electrons. The van der Waals surface area contributed by atoms with Crippen LogP contribution in [0.25, 0.3) is 5.57 Å². The molecule has 2 aromatic carbocycles. The molecule has 1 aliphatic carbocycles. The van der Waals surface area contributed by atoms with E-state index in [2.05, 4.69) is 0 Å². The van der Waals surface area contributed by atoms with E-state index < -0.39 is 0 Å². The van der Waals surface area contributed by atoms with Crippen LogP contribution in [-0.4, -0.2) is 18.9 Å². The van der Waals surface area contributed by atoms with Crippen molar-refractivity contribution in [2.24, 2.45) is 0 Å². The quantitative estimate of drug-likeness (QED) is 0.507. The Balaban J connectivity index is 2.39. The summed E-state index contributed by atoms with van der Waals surface area (Å²) in [4.78, 5) is 24.5. The lowest BCUT2D eigenvalue weighted by atomic mass is 9.79. The molecule has 0 fully saturated rings. The summed E-state index contributed by atoms with van der Waals surface area (Å²) in [5.74, 6) is -0.397. The fraction of sp³-hybridized carbons (Fsp3) is 0.111. The summed E-state index contributed by atoms with van der Waals surface area (Å²) in [5.41, 5.74) is 4.08. The van der Waals surface area contributed by atoms with Crippen molar-refractivity contribution in [3.63, 3.8) is 0 Å². The first-order valence-corrected chi connectivity index (χ1v) is 6.68. The predicted octanol–water partition coefficient (Wildman–Crippen LogP) is 3.23. The number of fused-ring (bicyclic) bond motifs is 2. The minimum absolute atomic E-state index is 0.0115. The molecule has 0 spiro atoms. The van der Waals surface area contributed by atoms with Crippen molar-refractivity contribution in [2.45, 2.75) is 6.92 Å². The topological polar surface area (TPSA) is 43.4 Å². The third-order valence-corrected chi connectivity index (χ3v) is 3.75. The molecule has 0 aromatic heterocycles. The van der Waals surface area contributed by atoms with Gasteiger partial charge in [0.25, 0.3) is 0 Å². The number of hydrogen-bond donors (Lipinski definition) is 0. The van der Waals surface area contributed by atoms with Gasteiger partial charge in [0, 0.05) is 22.3 Å². The summed E-state index contributed by atoms with van der Waals surface area (Å²) >= 11 is 0. The smallest absolute Gasteiger partial charge is 0.334 e. The molecular formula is C18H14O3. The van der Waals surface area contributed by atoms with Crippen molar-refractivity contribution in [1.82, 2.24) is 0 Å². The summed E-state index contributed by atoms with van der Waals surface area (Å²) in [6, 6.07) is 14.7. The highest BCUT2D eigenvalue weighted by molar-refractivity contribution is 6.20. The first-order valence-electron chi connectivity index (χ1n) is 6.68. The number of esters is 1. The summed E-state index contributed by atoms with van der Waals surface area (Å²) in [6.07, 6.45) is 0. The Morgan fingerprint density at radius 2 is 1.29 bits per heavy atom. The normalized spacial score (nSPS) is 12.5. The highest BCUT2D eigenvalue weighted by Crippen LogP contribution is 2.37. The Morgan fingerprint density at radius 3 is 1.71 bits per heavy atom. The van der Waals surface area contributed by atoms with E-state index in [1.807, 2.05) is 36.4 Å². The molecule has 21 heavy (non-hydrogen) atoms. The van der Waals surface area contributed by atoms with Crippen LogP contribution in [0.3, 0.4) is 0 Å². The fourth-order valence-electron chi connectivity index (χ4n) is 2.75. The second kappa shape index (κ2) is 5.02. The lowest BCUT2D eigenvalue weighted by Crippen LogP contribution is -2.17. The first-order chi connectivity index (χ1) is 10.1. The van der Waals surface area contributed by atoms with E-state index in [1.54, 1.807) is 19.1 Å². The predicted molar refractivity (Wildman–Crippen MR) is 80.0 cm³/mol. The van der Waals surface area contributed by atoms with Crippen LogP contribution < -0.4 is 0 Å². The maximum atomic E-state index is 12.6. The number of rotatable bonds is 1. The highest BCUT2D eigenvalue weighted by Gasteiger charge is 2.28. The lowest BCUT2D eigenvalue weighted by molar-refractivity contribution is -0.135. The number of methoxy groups -OCH3 is 1. The first kappa shape index (κ1) is 13.3. The highest BCUT2D eigenvalue weighted by atomic mass is 16.5. The molecule has 3 heteroatoms. The van der Waals surface area contributed by atoms with Gasteiger partial charge in [-0.05, 0) is 18.1 Å². The van der Waals surface area contributed by atoms with Gasteiger partial charge in [-0.25, -0.2) is 4.79 Å². The molecule has 0 N–H and O–H groups in total. The number of benzene rings is 2. The number of ketones is 1. The third-order valence-electron chi connectivity index (χ3n) is 3.75. The molecule has 1 aliphatic rings. The van der Waals surface area contributed by atoms with Crippen molar-refractivity contribution in [2.75, 3.05) is 7.11 Å². The van der Waals surface area contributed by atoms with Crippen molar-refractivity contribution in [3.8, 4) is 0 Å². The third kappa shape index (κ3) is 1.98. The summed E-state index contributed by atoms with van der Waals surface area (Å²) in [5, 5.41) is 0. The van der Waals surface area contributed by atoms with Crippen LogP contribution in [0.5, 0.6) is 0 Å².